The Morgan fingerprint density at radius 1 is 0.941 bits per heavy atom. The highest BCUT2D eigenvalue weighted by molar-refractivity contribution is 7.80. The molecule has 0 spiro atoms. The van der Waals surface area contributed by atoms with Gasteiger partial charge in [0.05, 0.1) is 21.9 Å². The van der Waals surface area contributed by atoms with Gasteiger partial charge >= 0.3 is 0 Å². The van der Waals surface area contributed by atoms with Gasteiger partial charge in [-0.15, -0.1) is 5.10 Å². The summed E-state index contributed by atoms with van der Waals surface area (Å²) in [5, 5.41) is 12.9. The van der Waals surface area contributed by atoms with E-state index in [1.807, 2.05) is 67.6 Å². The van der Waals surface area contributed by atoms with Crippen molar-refractivity contribution in [2.24, 2.45) is 0 Å². The fourth-order valence-corrected chi connectivity index (χ4v) is 4.08. The molecular weight excluding hydrogens is 464 g/mol. The number of pyridine rings is 1. The van der Waals surface area contributed by atoms with E-state index in [2.05, 4.69) is 44.8 Å². The van der Waals surface area contributed by atoms with Gasteiger partial charge in [0.2, 0.25) is 0 Å². The third-order valence-electron chi connectivity index (χ3n) is 5.44. The molecule has 168 valence electrons. The minimum atomic E-state index is 0.422. The lowest BCUT2D eigenvalue weighted by atomic mass is 10.1. The van der Waals surface area contributed by atoms with E-state index < -0.39 is 0 Å². The van der Waals surface area contributed by atoms with Crippen LogP contribution in [0.4, 0.5) is 11.5 Å². The van der Waals surface area contributed by atoms with Crippen LogP contribution in [0.5, 0.6) is 0 Å². The van der Waals surface area contributed by atoms with E-state index in [0.717, 1.165) is 33.4 Å². The number of benzene rings is 3. The van der Waals surface area contributed by atoms with Crippen LogP contribution in [0.25, 0.3) is 28.0 Å². The average molecular weight is 485 g/mol. The number of thiocarbonyl (C=S) groups is 1. The first kappa shape index (κ1) is 22.0. The second-order valence-electron chi connectivity index (χ2n) is 7.96. The normalized spacial score (nSPS) is 10.9. The number of nitrogens with one attached hydrogen (secondary N) is 2. The third kappa shape index (κ3) is 4.62. The number of anilines is 2. The predicted octanol–water partition coefficient (Wildman–Crippen LogP) is 6.56. The lowest BCUT2D eigenvalue weighted by Gasteiger charge is -2.13. The number of fused-ring (bicyclic) bond motifs is 1. The monoisotopic (exact) mass is 484 g/mol. The van der Waals surface area contributed by atoms with Crippen LogP contribution in [0.15, 0.2) is 79.1 Å². The van der Waals surface area contributed by atoms with Gasteiger partial charge in [-0.25, -0.2) is 14.6 Å². The minimum absolute atomic E-state index is 0.422. The Balaban J connectivity index is 1.34. The molecule has 0 aliphatic carbocycles. The molecule has 8 heteroatoms. The molecule has 5 aromatic rings. The maximum atomic E-state index is 6.29. The summed E-state index contributed by atoms with van der Waals surface area (Å²) < 4.78 is 1.78. The van der Waals surface area contributed by atoms with Gasteiger partial charge in [-0.1, -0.05) is 41.4 Å². The van der Waals surface area contributed by atoms with Gasteiger partial charge in [0.25, 0.3) is 0 Å². The van der Waals surface area contributed by atoms with Crippen LogP contribution >= 0.6 is 23.8 Å². The van der Waals surface area contributed by atoms with Crippen LogP contribution in [0.3, 0.4) is 0 Å². The van der Waals surface area contributed by atoms with E-state index in [4.69, 9.17) is 23.8 Å². The van der Waals surface area contributed by atoms with Gasteiger partial charge < -0.3 is 10.6 Å². The summed E-state index contributed by atoms with van der Waals surface area (Å²) in [7, 11) is 0. The van der Waals surface area contributed by atoms with Crippen molar-refractivity contribution in [1.29, 1.82) is 0 Å². The number of hydrogen-bond acceptors (Lipinski definition) is 4. The zero-order valence-corrected chi connectivity index (χ0v) is 20.2. The van der Waals surface area contributed by atoms with Gasteiger partial charge in [0, 0.05) is 10.9 Å². The van der Waals surface area contributed by atoms with Gasteiger partial charge in [0.15, 0.2) is 10.9 Å². The van der Waals surface area contributed by atoms with Crippen molar-refractivity contribution in [1.82, 2.24) is 19.7 Å². The molecule has 0 aliphatic heterocycles. The van der Waals surface area contributed by atoms with Crippen molar-refractivity contribution in [3.05, 3.63) is 95.3 Å². The first-order valence-electron chi connectivity index (χ1n) is 10.7. The fraction of sp³-hybridized carbons (Fsp3) is 0.0769. The third-order valence-corrected chi connectivity index (χ3v) is 5.96. The van der Waals surface area contributed by atoms with Crippen LogP contribution in [-0.2, 0) is 0 Å². The molecule has 0 aliphatic rings. The van der Waals surface area contributed by atoms with Crippen LogP contribution in [-0.4, -0.2) is 24.9 Å². The van der Waals surface area contributed by atoms with Crippen molar-refractivity contribution < 1.29 is 0 Å². The van der Waals surface area contributed by atoms with Gasteiger partial charge in [-0.3, -0.25) is 0 Å². The molecule has 6 nitrogen and oxygen atoms in total. The van der Waals surface area contributed by atoms with Crippen molar-refractivity contribution in [3.63, 3.8) is 0 Å². The Hall–Kier alpha value is -3.81. The molecule has 2 aromatic heterocycles. The number of rotatable bonds is 4. The minimum Gasteiger partial charge on any atom is -0.331 e. The summed E-state index contributed by atoms with van der Waals surface area (Å²) in [4.78, 5) is 9.17. The topological polar surface area (TPSA) is 67.7 Å². The zero-order chi connectivity index (χ0) is 23.7. The van der Waals surface area contributed by atoms with Crippen molar-refractivity contribution in [2.45, 2.75) is 13.8 Å². The van der Waals surface area contributed by atoms with E-state index in [1.165, 1.54) is 5.56 Å². The molecule has 0 fully saturated rings. The largest absolute Gasteiger partial charge is 0.331 e. The summed E-state index contributed by atoms with van der Waals surface area (Å²) in [5.41, 5.74) is 5.73. The van der Waals surface area contributed by atoms with Crippen molar-refractivity contribution >= 4 is 51.3 Å². The fourth-order valence-electron chi connectivity index (χ4n) is 3.60. The molecular formula is C26H21ClN6S. The van der Waals surface area contributed by atoms with E-state index in [1.54, 1.807) is 11.0 Å². The molecule has 0 bridgehead atoms. The number of aromatic nitrogens is 4. The van der Waals surface area contributed by atoms with E-state index in [9.17, 15) is 0 Å². The Morgan fingerprint density at radius 2 is 1.76 bits per heavy atom. The molecule has 0 atom stereocenters. The van der Waals surface area contributed by atoms with Gasteiger partial charge in [-0.05, 0) is 80.2 Å². The summed E-state index contributed by atoms with van der Waals surface area (Å²) >= 11 is 11.7. The highest BCUT2D eigenvalue weighted by Gasteiger charge is 2.09. The lowest BCUT2D eigenvalue weighted by Crippen LogP contribution is -2.20. The second kappa shape index (κ2) is 9.21. The number of halogens is 1. The first-order valence-corrected chi connectivity index (χ1v) is 11.5. The van der Waals surface area contributed by atoms with Crippen molar-refractivity contribution in [3.8, 4) is 17.1 Å². The summed E-state index contributed by atoms with van der Waals surface area (Å²) in [6, 6.07) is 23.7. The van der Waals surface area contributed by atoms with Gasteiger partial charge in [-0.2, -0.15) is 0 Å². The quantitative estimate of drug-likeness (QED) is 0.281. The lowest BCUT2D eigenvalue weighted by molar-refractivity contribution is 0.881. The SMILES string of the molecule is Cc1ccc(-n2cnc(-c3ccc4nc(NC(=S)Nc5c(C)cccc5Cl)ccc4c3)n2)cc1. The molecule has 0 radical (unpaired) electrons. The van der Waals surface area contributed by atoms with E-state index in [0.29, 0.717) is 21.8 Å². The molecule has 2 heterocycles. The first-order chi connectivity index (χ1) is 16.5. The Kier molecular flexibility index (Phi) is 5.96. The zero-order valence-electron chi connectivity index (χ0n) is 18.6. The molecule has 5 rings (SSSR count). The highest BCUT2D eigenvalue weighted by Crippen LogP contribution is 2.26. The molecule has 0 saturated heterocycles. The van der Waals surface area contributed by atoms with E-state index >= 15 is 0 Å². The van der Waals surface area contributed by atoms with E-state index in [-0.39, 0.29) is 0 Å². The van der Waals surface area contributed by atoms with Crippen LogP contribution < -0.4 is 10.6 Å². The number of aryl methyl sites for hydroxylation is 2. The maximum absolute atomic E-state index is 6.29. The number of nitrogens with zero attached hydrogens (tertiary/aromatic N) is 4. The number of para-hydroxylation sites is 1. The Morgan fingerprint density at radius 3 is 2.56 bits per heavy atom. The molecule has 3 aromatic carbocycles. The summed E-state index contributed by atoms with van der Waals surface area (Å²) in [6.45, 7) is 4.03. The molecule has 2 N–H and O–H groups in total. The standard InChI is InChI=1S/C26H21ClN6S/c1-16-6-10-20(11-7-16)33-15-28-25(32-33)19-8-12-22-18(14-19)9-13-23(29-22)30-26(34)31-24-17(2)4-3-5-21(24)27/h3-15H,1-2H3,(H2,29,30,31,34). The Labute approximate surface area is 207 Å². The number of hydrogen-bond donors (Lipinski definition) is 2. The molecule has 0 amide bonds. The van der Waals surface area contributed by atoms with Crippen LogP contribution in [0, 0.1) is 13.8 Å². The molecule has 0 unspecified atom stereocenters. The predicted molar refractivity (Wildman–Crippen MR) is 143 cm³/mol. The molecule has 34 heavy (non-hydrogen) atoms. The van der Waals surface area contributed by atoms with Crippen molar-refractivity contribution in [2.75, 3.05) is 10.6 Å². The second-order valence-corrected chi connectivity index (χ2v) is 8.78. The van der Waals surface area contributed by atoms with Crippen LogP contribution in [0.2, 0.25) is 5.02 Å². The molecule has 0 saturated carbocycles. The highest BCUT2D eigenvalue weighted by atomic mass is 35.5. The van der Waals surface area contributed by atoms with Gasteiger partial charge in [0.1, 0.15) is 12.1 Å². The van der Waals surface area contributed by atoms with Crippen LogP contribution in [0.1, 0.15) is 11.1 Å². The summed E-state index contributed by atoms with van der Waals surface area (Å²) in [5.74, 6) is 1.30. The smallest absolute Gasteiger partial charge is 0.181 e. The maximum Gasteiger partial charge on any atom is 0.181 e. The average Bonchev–Trinajstić information content (AvgIpc) is 3.32. The summed E-state index contributed by atoms with van der Waals surface area (Å²) in [6.07, 6.45) is 1.73. The Bertz CT molecular complexity index is 1490.